The molecule has 2 aromatic carbocycles. The predicted molar refractivity (Wildman–Crippen MR) is 99.7 cm³/mol. The third-order valence-corrected chi connectivity index (χ3v) is 5.35. The predicted octanol–water partition coefficient (Wildman–Crippen LogP) is 2.12. The number of hydrogen-bond donors (Lipinski definition) is 2. The molecule has 2 N–H and O–H groups in total. The average Bonchev–Trinajstić information content (AvgIpc) is 2.65. The summed E-state index contributed by atoms with van der Waals surface area (Å²) in [5, 5.41) is 5.65. The van der Waals surface area contributed by atoms with Crippen LogP contribution in [0.3, 0.4) is 0 Å². The Kier molecular flexibility index (Phi) is 7.68. The summed E-state index contributed by atoms with van der Waals surface area (Å²) in [5.41, 5.74) is 0. The molecule has 0 radical (unpaired) electrons. The number of sulfone groups is 1. The summed E-state index contributed by atoms with van der Waals surface area (Å²) in [6.07, 6.45) is 0. The quantitative estimate of drug-likeness (QED) is 0.392. The van der Waals surface area contributed by atoms with Gasteiger partial charge in [0.25, 0.3) is 0 Å². The Labute approximate surface area is 161 Å². The Morgan fingerprint density at radius 3 is 2.43 bits per heavy atom. The largest absolute Gasteiger partial charge is 0.489 e. The summed E-state index contributed by atoms with van der Waals surface area (Å²) >= 11 is 0. The van der Waals surface area contributed by atoms with Crippen molar-refractivity contribution in [3.8, 4) is 5.75 Å². The van der Waals surface area contributed by atoms with Crippen molar-refractivity contribution in [3.05, 3.63) is 59.9 Å². The van der Waals surface area contributed by atoms with Crippen LogP contribution in [0.2, 0.25) is 0 Å². The van der Waals surface area contributed by atoms with Crippen LogP contribution in [-0.4, -0.2) is 46.9 Å². The van der Waals surface area contributed by atoms with Gasteiger partial charge in [0.05, 0.1) is 12.3 Å². The molecule has 0 bridgehead atoms. The van der Waals surface area contributed by atoms with Crippen LogP contribution in [0, 0.1) is 17.5 Å². The molecule has 0 aromatic heterocycles. The van der Waals surface area contributed by atoms with Gasteiger partial charge in [-0.15, -0.1) is 0 Å². The molecule has 0 aliphatic carbocycles. The Morgan fingerprint density at radius 2 is 1.75 bits per heavy atom. The highest BCUT2D eigenvalue weighted by Crippen LogP contribution is 2.17. The van der Waals surface area contributed by atoms with E-state index in [0.717, 1.165) is 18.2 Å². The Hall–Kier alpha value is -2.75. The van der Waals surface area contributed by atoms with Gasteiger partial charge in [0.15, 0.2) is 27.4 Å². The first kappa shape index (κ1) is 21.5. The number of benzene rings is 2. The summed E-state index contributed by atoms with van der Waals surface area (Å²) in [5.74, 6) is -2.41. The number of nitrogens with zero attached hydrogens (tertiary/aromatic N) is 1. The molecule has 2 aromatic rings. The summed E-state index contributed by atoms with van der Waals surface area (Å²) in [6.45, 7) is 0.303. The fourth-order valence-corrected chi connectivity index (χ4v) is 3.50. The second kappa shape index (κ2) is 9.98. The molecule has 0 aliphatic rings. The minimum Gasteiger partial charge on any atom is -0.489 e. The number of hydrogen-bond acceptors (Lipinski definition) is 4. The highest BCUT2D eigenvalue weighted by Gasteiger charge is 2.18. The van der Waals surface area contributed by atoms with E-state index in [2.05, 4.69) is 15.6 Å². The SMILES string of the molecule is CN=C(NCCOc1ccc(F)cc1F)NCCS(=O)(=O)c1ccccc1F. The van der Waals surface area contributed by atoms with E-state index in [1.807, 2.05) is 0 Å². The highest BCUT2D eigenvalue weighted by atomic mass is 32.2. The summed E-state index contributed by atoms with van der Waals surface area (Å²) in [7, 11) is -2.29. The van der Waals surface area contributed by atoms with Gasteiger partial charge in [-0.1, -0.05) is 12.1 Å². The van der Waals surface area contributed by atoms with E-state index in [4.69, 9.17) is 4.74 Å². The fraction of sp³-hybridized carbons (Fsp3) is 0.278. The Bertz CT molecular complexity index is 937. The maximum Gasteiger partial charge on any atom is 0.191 e. The molecule has 6 nitrogen and oxygen atoms in total. The lowest BCUT2D eigenvalue weighted by molar-refractivity contribution is 0.304. The number of aliphatic imine (C=N–C) groups is 1. The fourth-order valence-electron chi connectivity index (χ4n) is 2.25. The van der Waals surface area contributed by atoms with Gasteiger partial charge in [-0.2, -0.15) is 0 Å². The van der Waals surface area contributed by atoms with Gasteiger partial charge >= 0.3 is 0 Å². The summed E-state index contributed by atoms with van der Waals surface area (Å²) in [6, 6.07) is 8.16. The molecule has 0 unspecified atom stereocenters. The van der Waals surface area contributed by atoms with Crippen molar-refractivity contribution in [1.29, 1.82) is 0 Å². The van der Waals surface area contributed by atoms with E-state index >= 15 is 0 Å². The average molecular weight is 415 g/mol. The van der Waals surface area contributed by atoms with Crippen molar-refractivity contribution in [2.24, 2.45) is 4.99 Å². The first-order chi connectivity index (χ1) is 13.3. The Morgan fingerprint density at radius 1 is 1.04 bits per heavy atom. The molecular formula is C18H20F3N3O3S. The number of halogens is 3. The molecule has 0 saturated heterocycles. The van der Waals surface area contributed by atoms with E-state index in [0.29, 0.717) is 5.96 Å². The first-order valence-electron chi connectivity index (χ1n) is 8.33. The van der Waals surface area contributed by atoms with Crippen LogP contribution in [0.1, 0.15) is 0 Å². The summed E-state index contributed by atoms with van der Waals surface area (Å²) < 4.78 is 69.4. The lowest BCUT2D eigenvalue weighted by atomic mass is 10.3. The standard InChI is InChI=1S/C18H20F3N3O3S/c1-22-18(23-8-10-27-16-7-6-13(19)12-15(16)21)24-9-11-28(25,26)17-5-3-2-4-14(17)20/h2-7,12H,8-11H2,1H3,(H2,22,23,24). The topological polar surface area (TPSA) is 79.8 Å². The van der Waals surface area contributed by atoms with Crippen molar-refractivity contribution < 1.29 is 26.3 Å². The molecule has 0 amide bonds. The van der Waals surface area contributed by atoms with Gasteiger partial charge in [-0.05, 0) is 24.3 Å². The maximum atomic E-state index is 13.6. The molecule has 0 fully saturated rings. The first-order valence-corrected chi connectivity index (χ1v) is 9.98. The second-order valence-corrected chi connectivity index (χ2v) is 7.68. The van der Waals surface area contributed by atoms with Gasteiger partial charge in [-0.3, -0.25) is 4.99 Å². The summed E-state index contributed by atoms with van der Waals surface area (Å²) in [4.78, 5) is 3.57. The van der Waals surface area contributed by atoms with Crippen molar-refractivity contribution in [2.45, 2.75) is 4.90 Å². The van der Waals surface area contributed by atoms with Crippen LogP contribution in [0.4, 0.5) is 13.2 Å². The molecule has 0 heterocycles. The van der Waals surface area contributed by atoms with E-state index < -0.39 is 27.3 Å². The zero-order valence-corrected chi connectivity index (χ0v) is 15.9. The number of guanidine groups is 1. The number of ether oxygens (including phenoxy) is 1. The molecule has 152 valence electrons. The third-order valence-electron chi connectivity index (χ3n) is 3.60. The van der Waals surface area contributed by atoms with Gasteiger partial charge < -0.3 is 15.4 Å². The highest BCUT2D eigenvalue weighted by molar-refractivity contribution is 7.91. The smallest absolute Gasteiger partial charge is 0.191 e. The monoisotopic (exact) mass is 415 g/mol. The van der Waals surface area contributed by atoms with Crippen molar-refractivity contribution in [2.75, 3.05) is 32.5 Å². The van der Waals surface area contributed by atoms with Crippen LogP contribution >= 0.6 is 0 Å². The third kappa shape index (κ3) is 6.15. The lowest BCUT2D eigenvalue weighted by Crippen LogP contribution is -2.41. The van der Waals surface area contributed by atoms with E-state index in [9.17, 15) is 21.6 Å². The van der Waals surface area contributed by atoms with E-state index in [-0.39, 0.29) is 36.1 Å². The van der Waals surface area contributed by atoms with Gasteiger partial charge in [0.2, 0.25) is 0 Å². The van der Waals surface area contributed by atoms with Gasteiger partial charge in [0.1, 0.15) is 23.1 Å². The maximum absolute atomic E-state index is 13.6. The van der Waals surface area contributed by atoms with Gasteiger partial charge in [-0.25, -0.2) is 21.6 Å². The van der Waals surface area contributed by atoms with E-state index in [1.54, 1.807) is 0 Å². The molecule has 28 heavy (non-hydrogen) atoms. The van der Waals surface area contributed by atoms with Crippen molar-refractivity contribution in [3.63, 3.8) is 0 Å². The van der Waals surface area contributed by atoms with Crippen LogP contribution in [0.5, 0.6) is 5.75 Å². The van der Waals surface area contributed by atoms with Crippen LogP contribution in [0.15, 0.2) is 52.4 Å². The normalized spacial score (nSPS) is 11.9. The van der Waals surface area contributed by atoms with Crippen LogP contribution in [-0.2, 0) is 9.84 Å². The molecule has 0 spiro atoms. The zero-order chi connectivity index (χ0) is 20.6. The molecule has 10 heteroatoms. The minimum atomic E-state index is -3.78. The minimum absolute atomic E-state index is 0.00376. The van der Waals surface area contributed by atoms with Gasteiger partial charge in [0, 0.05) is 19.7 Å². The molecule has 0 aliphatic heterocycles. The Balaban J connectivity index is 1.76. The van der Waals surface area contributed by atoms with Crippen LogP contribution < -0.4 is 15.4 Å². The number of nitrogens with one attached hydrogen (secondary N) is 2. The lowest BCUT2D eigenvalue weighted by Gasteiger charge is -2.13. The molecule has 2 rings (SSSR count). The zero-order valence-electron chi connectivity index (χ0n) is 15.1. The molecule has 0 saturated carbocycles. The van der Waals surface area contributed by atoms with Crippen molar-refractivity contribution in [1.82, 2.24) is 10.6 Å². The second-order valence-electron chi connectivity index (χ2n) is 5.60. The molecular weight excluding hydrogens is 395 g/mol. The van der Waals surface area contributed by atoms with Crippen molar-refractivity contribution >= 4 is 15.8 Å². The number of rotatable bonds is 8. The van der Waals surface area contributed by atoms with E-state index in [1.165, 1.54) is 31.3 Å². The van der Waals surface area contributed by atoms with Crippen LogP contribution in [0.25, 0.3) is 0 Å². The molecule has 0 atom stereocenters.